The second-order valence-electron chi connectivity index (χ2n) is 7.62. The third kappa shape index (κ3) is 4.92. The Morgan fingerprint density at radius 1 is 1.19 bits per heavy atom. The number of hydrogen-bond donors (Lipinski definition) is 0. The molecule has 0 saturated heterocycles. The van der Waals surface area contributed by atoms with Gasteiger partial charge in [0.15, 0.2) is 9.84 Å². The summed E-state index contributed by atoms with van der Waals surface area (Å²) in [6.45, 7) is 2.55. The van der Waals surface area contributed by atoms with Gasteiger partial charge in [0, 0.05) is 39.1 Å². The molecule has 0 amide bonds. The summed E-state index contributed by atoms with van der Waals surface area (Å²) in [5.74, 6) is -2.41. The molecule has 166 valence electrons. The molecule has 9 heteroatoms. The van der Waals surface area contributed by atoms with Gasteiger partial charge in [0.2, 0.25) is 0 Å². The smallest absolute Gasteiger partial charge is 0.188 e. The standard InChI is InChI=1S/C22H23ClF2O4SSi/c1-31-11-10-29-14-15-13-22(9-8-21(15)26,19-12-17(24)4-7-20(19)25)30(27,28)18-5-2-16(23)3-6-18/h2-7,12,15H,8-11,13-14H2,1H3/t15-,22+/m0/s1. The number of carbonyl (C=O) groups excluding carboxylic acids is 1. The molecule has 4 nitrogen and oxygen atoms in total. The molecule has 2 aromatic rings. The molecule has 0 unspecified atom stereocenters. The summed E-state index contributed by atoms with van der Waals surface area (Å²) in [5.41, 5.74) is -0.255. The van der Waals surface area contributed by atoms with Crippen molar-refractivity contribution in [2.45, 2.75) is 41.5 Å². The lowest BCUT2D eigenvalue weighted by Gasteiger charge is -2.40. The van der Waals surface area contributed by atoms with E-state index in [9.17, 15) is 22.0 Å². The van der Waals surface area contributed by atoms with Crippen LogP contribution in [0.25, 0.3) is 0 Å². The number of ether oxygens (including phenoxy) is 1. The first-order valence-corrected chi connectivity index (χ1v) is 13.5. The molecular formula is C22H23ClF2O4SSi. The molecular weight excluding hydrogens is 462 g/mol. The minimum absolute atomic E-state index is 0.0537. The molecule has 1 aliphatic carbocycles. The predicted molar refractivity (Wildman–Crippen MR) is 116 cm³/mol. The van der Waals surface area contributed by atoms with Crippen LogP contribution in [0.3, 0.4) is 0 Å². The van der Waals surface area contributed by atoms with E-state index in [0.717, 1.165) is 24.2 Å². The highest BCUT2D eigenvalue weighted by Crippen LogP contribution is 2.49. The topological polar surface area (TPSA) is 60.4 Å². The predicted octanol–water partition coefficient (Wildman–Crippen LogP) is 4.84. The average Bonchev–Trinajstić information content (AvgIpc) is 2.74. The van der Waals surface area contributed by atoms with Gasteiger partial charge in [-0.2, -0.15) is 0 Å². The molecule has 1 fully saturated rings. The number of ketones is 1. The van der Waals surface area contributed by atoms with Gasteiger partial charge in [0.05, 0.1) is 11.5 Å². The van der Waals surface area contributed by atoms with Crippen LogP contribution in [0.5, 0.6) is 0 Å². The second-order valence-corrected chi connectivity index (χ2v) is 11.5. The fraction of sp³-hybridized carbons (Fsp3) is 0.409. The summed E-state index contributed by atoms with van der Waals surface area (Å²) in [6.07, 6.45) is -0.373. The van der Waals surface area contributed by atoms with Crippen molar-refractivity contribution in [3.05, 3.63) is 64.7 Å². The number of rotatable bonds is 8. The quantitative estimate of drug-likeness (QED) is 0.397. The molecule has 2 aromatic carbocycles. The van der Waals surface area contributed by atoms with Crippen LogP contribution in [-0.4, -0.2) is 36.9 Å². The molecule has 3 rings (SSSR count). The van der Waals surface area contributed by atoms with Gasteiger partial charge in [-0.05, 0) is 61.4 Å². The zero-order valence-electron chi connectivity index (χ0n) is 17.0. The van der Waals surface area contributed by atoms with Crippen molar-refractivity contribution < 1.29 is 26.7 Å². The molecule has 1 saturated carbocycles. The third-order valence-electron chi connectivity index (χ3n) is 5.68. The summed E-state index contributed by atoms with van der Waals surface area (Å²) in [5, 5.41) is 0.353. The zero-order valence-corrected chi connectivity index (χ0v) is 19.6. The highest BCUT2D eigenvalue weighted by Gasteiger charge is 2.52. The molecule has 2 radical (unpaired) electrons. The van der Waals surface area contributed by atoms with Crippen LogP contribution in [0.15, 0.2) is 47.4 Å². The van der Waals surface area contributed by atoms with Crippen molar-refractivity contribution in [1.82, 2.24) is 0 Å². The van der Waals surface area contributed by atoms with Crippen molar-refractivity contribution in [2.75, 3.05) is 13.2 Å². The number of carbonyl (C=O) groups is 1. The first-order valence-electron chi connectivity index (χ1n) is 9.92. The van der Waals surface area contributed by atoms with Crippen LogP contribution < -0.4 is 0 Å². The van der Waals surface area contributed by atoms with E-state index in [-0.39, 0.29) is 42.1 Å². The molecule has 0 aliphatic heterocycles. The largest absolute Gasteiger partial charge is 0.381 e. The Hall–Kier alpha value is -1.61. The number of benzene rings is 2. The average molecular weight is 485 g/mol. The Kier molecular flexibility index (Phi) is 7.67. The van der Waals surface area contributed by atoms with Gasteiger partial charge in [0.1, 0.15) is 22.2 Å². The van der Waals surface area contributed by atoms with Gasteiger partial charge in [-0.1, -0.05) is 18.1 Å². The Morgan fingerprint density at radius 3 is 2.58 bits per heavy atom. The van der Waals surface area contributed by atoms with Gasteiger partial charge in [0.25, 0.3) is 0 Å². The fourth-order valence-electron chi connectivity index (χ4n) is 4.01. The zero-order chi connectivity index (χ0) is 22.6. The molecule has 0 heterocycles. The lowest BCUT2D eigenvalue weighted by atomic mass is 9.76. The summed E-state index contributed by atoms with van der Waals surface area (Å²) >= 11 is 5.91. The lowest BCUT2D eigenvalue weighted by molar-refractivity contribution is -0.127. The molecule has 0 N–H and O–H groups in total. The maximum atomic E-state index is 14.9. The summed E-state index contributed by atoms with van der Waals surface area (Å²) in [7, 11) is -3.50. The maximum absolute atomic E-state index is 14.9. The van der Waals surface area contributed by atoms with Crippen LogP contribution >= 0.6 is 11.6 Å². The van der Waals surface area contributed by atoms with Crippen molar-refractivity contribution in [3.63, 3.8) is 0 Å². The van der Waals surface area contributed by atoms with Crippen LogP contribution in [0.1, 0.15) is 24.8 Å². The Labute approximate surface area is 188 Å². The van der Waals surface area contributed by atoms with Gasteiger partial charge in [-0.25, -0.2) is 17.2 Å². The molecule has 2 atom stereocenters. The monoisotopic (exact) mass is 484 g/mol. The van der Waals surface area contributed by atoms with Crippen molar-refractivity contribution in [3.8, 4) is 0 Å². The fourth-order valence-corrected chi connectivity index (χ4v) is 6.67. The summed E-state index contributed by atoms with van der Waals surface area (Å²) < 4.78 is 60.5. The minimum atomic E-state index is -4.20. The van der Waals surface area contributed by atoms with Crippen LogP contribution in [-0.2, 0) is 24.1 Å². The van der Waals surface area contributed by atoms with E-state index in [4.69, 9.17) is 16.3 Å². The maximum Gasteiger partial charge on any atom is 0.188 e. The third-order valence-corrected chi connectivity index (χ3v) is 9.15. The van der Waals surface area contributed by atoms with Crippen molar-refractivity contribution in [2.24, 2.45) is 5.92 Å². The number of Topliss-reactive ketones (excluding diaryl/α,β-unsaturated/α-hetero) is 1. The molecule has 31 heavy (non-hydrogen) atoms. The Bertz CT molecular complexity index is 1050. The van der Waals surface area contributed by atoms with Crippen molar-refractivity contribution >= 4 is 36.7 Å². The van der Waals surface area contributed by atoms with E-state index < -0.39 is 32.1 Å². The molecule has 0 aromatic heterocycles. The minimum Gasteiger partial charge on any atom is -0.381 e. The van der Waals surface area contributed by atoms with Gasteiger partial charge < -0.3 is 4.74 Å². The van der Waals surface area contributed by atoms with E-state index >= 15 is 0 Å². The van der Waals surface area contributed by atoms with E-state index in [1.165, 1.54) is 24.3 Å². The normalized spacial score (nSPS) is 21.9. The lowest BCUT2D eigenvalue weighted by Crippen LogP contribution is -2.45. The van der Waals surface area contributed by atoms with Crippen LogP contribution in [0.4, 0.5) is 8.78 Å². The molecule has 0 bridgehead atoms. The summed E-state index contributed by atoms with van der Waals surface area (Å²) in [6, 6.07) is 9.20. The van der Waals surface area contributed by atoms with Gasteiger partial charge in [-0.3, -0.25) is 4.79 Å². The Morgan fingerprint density at radius 2 is 1.90 bits per heavy atom. The number of sulfone groups is 1. The number of hydrogen-bond acceptors (Lipinski definition) is 4. The Balaban J connectivity index is 2.10. The highest BCUT2D eigenvalue weighted by molar-refractivity contribution is 7.92. The van der Waals surface area contributed by atoms with E-state index in [2.05, 4.69) is 0 Å². The van der Waals surface area contributed by atoms with E-state index in [0.29, 0.717) is 21.1 Å². The van der Waals surface area contributed by atoms with Gasteiger partial charge in [-0.15, -0.1) is 0 Å². The molecule has 0 spiro atoms. The first kappa shape index (κ1) is 24.0. The SMILES string of the molecule is C[Si]CCOC[C@@H]1C[C@](c2cc(F)ccc2F)(S(=O)(=O)c2ccc(Cl)cc2)CCC1=O. The van der Waals surface area contributed by atoms with E-state index in [1.807, 2.05) is 6.55 Å². The second kappa shape index (κ2) is 9.89. The van der Waals surface area contributed by atoms with Crippen LogP contribution in [0.2, 0.25) is 17.6 Å². The van der Waals surface area contributed by atoms with Gasteiger partial charge >= 0.3 is 0 Å². The molecule has 1 aliphatic rings. The van der Waals surface area contributed by atoms with Crippen LogP contribution in [0, 0.1) is 17.6 Å². The van der Waals surface area contributed by atoms with Crippen molar-refractivity contribution in [1.29, 1.82) is 0 Å². The summed E-state index contributed by atoms with van der Waals surface area (Å²) in [4.78, 5) is 12.5. The number of halogens is 3. The van der Waals surface area contributed by atoms with E-state index in [1.54, 1.807) is 0 Å². The highest BCUT2D eigenvalue weighted by atomic mass is 35.5. The first-order chi connectivity index (χ1) is 14.7.